The van der Waals surface area contributed by atoms with Crippen LogP contribution in [0.5, 0.6) is 0 Å². The quantitative estimate of drug-likeness (QED) is 0.248. The number of carbonyl (C=O) groups is 2. The lowest BCUT2D eigenvalue weighted by Gasteiger charge is -2.07. The molecule has 2 amide bonds. The van der Waals surface area contributed by atoms with Crippen molar-refractivity contribution in [2.45, 2.75) is 52.4 Å². The normalized spacial score (nSPS) is 11.9. The van der Waals surface area contributed by atoms with Gasteiger partial charge in [-0.05, 0) is 61.1 Å². The molecular weight excluding hydrogens is 447 g/mol. The van der Waals surface area contributed by atoms with Crippen LogP contribution in [0.25, 0.3) is 0 Å². The van der Waals surface area contributed by atoms with Gasteiger partial charge in [0.05, 0.1) is 11.4 Å². The Kier molecular flexibility index (Phi) is 10.9. The Labute approximate surface area is 199 Å². The molecule has 6 nitrogen and oxygen atoms in total. The van der Waals surface area contributed by atoms with E-state index < -0.39 is 0 Å². The maximum absolute atomic E-state index is 12.1. The van der Waals surface area contributed by atoms with Crippen LogP contribution in [0.15, 0.2) is 58.7 Å². The first-order valence-corrected chi connectivity index (χ1v) is 11.4. The van der Waals surface area contributed by atoms with Gasteiger partial charge < -0.3 is 0 Å². The molecule has 2 rings (SSSR count). The highest BCUT2D eigenvalue weighted by molar-refractivity contribution is 6.31. The summed E-state index contributed by atoms with van der Waals surface area (Å²) in [4.78, 5) is 24.1. The van der Waals surface area contributed by atoms with Crippen LogP contribution in [0.4, 0.5) is 0 Å². The van der Waals surface area contributed by atoms with Gasteiger partial charge in [-0.15, -0.1) is 0 Å². The maximum atomic E-state index is 12.1. The third-order valence-electron chi connectivity index (χ3n) is 4.67. The minimum atomic E-state index is -0.189. The summed E-state index contributed by atoms with van der Waals surface area (Å²) in [6.45, 7) is 3.92. The molecule has 0 aliphatic carbocycles. The predicted octanol–water partition coefficient (Wildman–Crippen LogP) is 5.71. The van der Waals surface area contributed by atoms with Gasteiger partial charge in [0.1, 0.15) is 0 Å². The van der Waals surface area contributed by atoms with Gasteiger partial charge in [-0.25, -0.2) is 10.9 Å². The molecule has 0 fully saturated rings. The molecule has 0 unspecified atom stereocenters. The van der Waals surface area contributed by atoms with Crippen LogP contribution in [0, 0.1) is 0 Å². The van der Waals surface area contributed by atoms with Crippen molar-refractivity contribution >= 4 is 46.4 Å². The first-order chi connectivity index (χ1) is 15.4. The number of hydrogen-bond donors (Lipinski definition) is 2. The van der Waals surface area contributed by atoms with Crippen molar-refractivity contribution in [3.63, 3.8) is 0 Å². The van der Waals surface area contributed by atoms with Crippen LogP contribution < -0.4 is 10.9 Å². The van der Waals surface area contributed by atoms with Crippen molar-refractivity contribution in [3.05, 3.63) is 69.7 Å². The average molecular weight is 475 g/mol. The van der Waals surface area contributed by atoms with Gasteiger partial charge in [0.15, 0.2) is 0 Å². The number of unbranched alkanes of at least 4 members (excludes halogenated alkanes) is 1. The lowest BCUT2D eigenvalue weighted by molar-refractivity contribution is -0.123. The average Bonchev–Trinajstić information content (AvgIpc) is 2.78. The van der Waals surface area contributed by atoms with Crippen molar-refractivity contribution < 1.29 is 9.59 Å². The summed E-state index contributed by atoms with van der Waals surface area (Å²) >= 11 is 12.0. The van der Waals surface area contributed by atoms with Gasteiger partial charge >= 0.3 is 0 Å². The summed E-state index contributed by atoms with van der Waals surface area (Å²) in [6.07, 6.45) is 3.05. The number of halogens is 2. The zero-order valence-corrected chi connectivity index (χ0v) is 19.8. The second-order valence-corrected chi connectivity index (χ2v) is 7.99. The molecule has 2 aromatic carbocycles. The molecule has 8 heteroatoms. The number of amides is 2. The number of nitrogens with zero attached hydrogens (tertiary/aromatic N) is 2. The molecule has 0 atom stereocenters. The number of rotatable bonds is 11. The van der Waals surface area contributed by atoms with E-state index in [-0.39, 0.29) is 24.7 Å². The fourth-order valence-electron chi connectivity index (χ4n) is 2.97. The fraction of sp³-hybridized carbons (Fsp3) is 0.333. The molecule has 0 radical (unpaired) electrons. The van der Waals surface area contributed by atoms with Crippen molar-refractivity contribution in [3.8, 4) is 0 Å². The molecule has 0 spiro atoms. The molecule has 0 aliphatic heterocycles. The second kappa shape index (κ2) is 13.7. The number of benzene rings is 2. The van der Waals surface area contributed by atoms with E-state index in [9.17, 15) is 9.59 Å². The van der Waals surface area contributed by atoms with Gasteiger partial charge in [-0.2, -0.15) is 10.2 Å². The highest BCUT2D eigenvalue weighted by atomic mass is 35.5. The summed E-state index contributed by atoms with van der Waals surface area (Å²) in [7, 11) is 0. The molecule has 170 valence electrons. The van der Waals surface area contributed by atoms with E-state index in [1.807, 2.05) is 50.2 Å². The number of nitrogens with one attached hydrogen (secondary N) is 2. The molecule has 0 saturated carbocycles. The first kappa shape index (κ1) is 25.6. The fourth-order valence-corrected chi connectivity index (χ4v) is 3.35. The van der Waals surface area contributed by atoms with Gasteiger partial charge in [0.25, 0.3) is 0 Å². The van der Waals surface area contributed by atoms with Crippen LogP contribution in [0.1, 0.15) is 63.5 Å². The minimum Gasteiger partial charge on any atom is -0.273 e. The number of carbonyl (C=O) groups excluding carboxylic acids is 2. The molecule has 2 aromatic rings. The zero-order chi connectivity index (χ0) is 23.3. The molecular formula is C24H28Cl2N4O2. The van der Waals surface area contributed by atoms with Crippen molar-refractivity contribution in [2.24, 2.45) is 10.2 Å². The predicted molar refractivity (Wildman–Crippen MR) is 131 cm³/mol. The van der Waals surface area contributed by atoms with Gasteiger partial charge in [0, 0.05) is 22.9 Å². The van der Waals surface area contributed by atoms with E-state index >= 15 is 0 Å². The smallest absolute Gasteiger partial charge is 0.240 e. The van der Waals surface area contributed by atoms with E-state index in [0.29, 0.717) is 35.7 Å². The van der Waals surface area contributed by atoms with Gasteiger partial charge in [0.2, 0.25) is 11.8 Å². The SMILES string of the molecule is CC/C(=N\NC(=O)CCCCC(=O)N/N=C(\CC)c1cccc(Cl)c1)c1cccc(Cl)c1. The van der Waals surface area contributed by atoms with Gasteiger partial charge in [-0.3, -0.25) is 9.59 Å². The summed E-state index contributed by atoms with van der Waals surface area (Å²) in [6, 6.07) is 14.7. The highest BCUT2D eigenvalue weighted by Gasteiger charge is 2.07. The Morgan fingerprint density at radius 3 is 1.50 bits per heavy atom. The summed E-state index contributed by atoms with van der Waals surface area (Å²) in [5, 5.41) is 9.67. The van der Waals surface area contributed by atoms with Gasteiger partial charge in [-0.1, -0.05) is 61.3 Å². The van der Waals surface area contributed by atoms with E-state index in [2.05, 4.69) is 21.1 Å². The van der Waals surface area contributed by atoms with E-state index in [1.54, 1.807) is 12.1 Å². The van der Waals surface area contributed by atoms with Crippen LogP contribution in [0.2, 0.25) is 10.0 Å². The summed E-state index contributed by atoms with van der Waals surface area (Å²) < 4.78 is 0. The van der Waals surface area contributed by atoms with Crippen LogP contribution in [-0.4, -0.2) is 23.2 Å². The Hall–Kier alpha value is -2.70. The van der Waals surface area contributed by atoms with E-state index in [4.69, 9.17) is 23.2 Å². The Balaban J connectivity index is 1.74. The molecule has 0 bridgehead atoms. The van der Waals surface area contributed by atoms with E-state index in [1.165, 1.54) is 0 Å². The molecule has 32 heavy (non-hydrogen) atoms. The Morgan fingerprint density at radius 1 is 0.750 bits per heavy atom. The molecule has 0 aromatic heterocycles. The lowest BCUT2D eigenvalue weighted by atomic mass is 10.1. The van der Waals surface area contributed by atoms with Crippen molar-refractivity contribution in [1.29, 1.82) is 0 Å². The number of hydrogen-bond acceptors (Lipinski definition) is 4. The maximum Gasteiger partial charge on any atom is 0.240 e. The largest absolute Gasteiger partial charge is 0.273 e. The molecule has 0 saturated heterocycles. The summed E-state index contributed by atoms with van der Waals surface area (Å²) in [5.41, 5.74) is 8.43. The second-order valence-electron chi connectivity index (χ2n) is 7.12. The Morgan fingerprint density at radius 2 is 1.16 bits per heavy atom. The molecule has 2 N–H and O–H groups in total. The van der Waals surface area contributed by atoms with Crippen molar-refractivity contribution in [1.82, 2.24) is 10.9 Å². The lowest BCUT2D eigenvalue weighted by Crippen LogP contribution is -2.21. The van der Waals surface area contributed by atoms with E-state index in [0.717, 1.165) is 22.6 Å². The highest BCUT2D eigenvalue weighted by Crippen LogP contribution is 2.14. The van der Waals surface area contributed by atoms with Crippen LogP contribution in [0.3, 0.4) is 0 Å². The zero-order valence-electron chi connectivity index (χ0n) is 18.3. The molecule has 0 aliphatic rings. The molecule has 0 heterocycles. The van der Waals surface area contributed by atoms with Crippen molar-refractivity contribution in [2.75, 3.05) is 0 Å². The van der Waals surface area contributed by atoms with Crippen LogP contribution >= 0.6 is 23.2 Å². The third kappa shape index (κ3) is 8.81. The number of hydrazone groups is 2. The van der Waals surface area contributed by atoms with Crippen LogP contribution in [-0.2, 0) is 9.59 Å². The first-order valence-electron chi connectivity index (χ1n) is 10.7. The monoisotopic (exact) mass is 474 g/mol. The Bertz CT molecular complexity index is 910. The minimum absolute atomic E-state index is 0.189. The topological polar surface area (TPSA) is 82.9 Å². The third-order valence-corrected chi connectivity index (χ3v) is 5.14. The standard InChI is InChI=1S/C24H28Cl2N4O2/c1-3-21(17-9-7-11-19(25)15-17)27-29-23(31)13-5-6-14-24(32)30-28-22(4-2)18-10-8-12-20(26)16-18/h7-12,15-16H,3-6,13-14H2,1-2H3,(H,29,31)(H,30,32)/b27-21+,28-22+. The summed E-state index contributed by atoms with van der Waals surface area (Å²) in [5.74, 6) is -0.378.